The van der Waals surface area contributed by atoms with Crippen LogP contribution in [0.2, 0.25) is 0 Å². The van der Waals surface area contributed by atoms with Crippen LogP contribution in [0, 0.1) is 11.6 Å². The third kappa shape index (κ3) is 3.77. The lowest BCUT2D eigenvalue weighted by Crippen LogP contribution is -2.36. The van der Waals surface area contributed by atoms with Crippen molar-refractivity contribution in [3.63, 3.8) is 0 Å². The van der Waals surface area contributed by atoms with E-state index in [0.29, 0.717) is 31.4 Å². The summed E-state index contributed by atoms with van der Waals surface area (Å²) in [7, 11) is 0. The van der Waals surface area contributed by atoms with Crippen molar-refractivity contribution in [1.29, 1.82) is 0 Å². The molecular weight excluding hydrogens is 280 g/mol. The van der Waals surface area contributed by atoms with Gasteiger partial charge in [0.05, 0.1) is 0 Å². The molecule has 0 bridgehead atoms. The Balaban J connectivity index is 1.93. The molecular formula is C15H17F2NO3. The SMILES string of the molecule is O=C(O)CCCCC(=O)N1CCc2c(F)ccc(F)c2C1. The van der Waals surface area contributed by atoms with E-state index in [1.165, 1.54) is 4.90 Å². The van der Waals surface area contributed by atoms with Gasteiger partial charge in [-0.05, 0) is 37.0 Å². The van der Waals surface area contributed by atoms with E-state index < -0.39 is 17.6 Å². The van der Waals surface area contributed by atoms with Crippen LogP contribution in [0.3, 0.4) is 0 Å². The molecule has 1 aromatic rings. The first-order valence-electron chi connectivity index (χ1n) is 6.94. The highest BCUT2D eigenvalue weighted by Crippen LogP contribution is 2.25. The molecule has 1 aliphatic heterocycles. The molecule has 0 spiro atoms. The van der Waals surface area contributed by atoms with Crippen molar-refractivity contribution < 1.29 is 23.5 Å². The molecule has 0 saturated heterocycles. The number of hydrogen-bond donors (Lipinski definition) is 1. The van der Waals surface area contributed by atoms with Gasteiger partial charge in [-0.2, -0.15) is 0 Å². The predicted molar refractivity (Wildman–Crippen MR) is 71.6 cm³/mol. The first-order chi connectivity index (χ1) is 9.99. The molecule has 0 fully saturated rings. The second kappa shape index (κ2) is 6.65. The number of hydrogen-bond acceptors (Lipinski definition) is 2. The minimum Gasteiger partial charge on any atom is -0.481 e. The number of benzene rings is 1. The van der Waals surface area contributed by atoms with Crippen molar-refractivity contribution in [1.82, 2.24) is 4.90 Å². The Morgan fingerprint density at radius 3 is 2.38 bits per heavy atom. The number of carboxylic acids is 1. The number of carbonyl (C=O) groups is 2. The maximum absolute atomic E-state index is 13.7. The van der Waals surface area contributed by atoms with Crippen molar-refractivity contribution in [2.45, 2.75) is 38.6 Å². The van der Waals surface area contributed by atoms with Gasteiger partial charge in [0.2, 0.25) is 5.91 Å². The number of fused-ring (bicyclic) bond motifs is 1. The second-order valence-corrected chi connectivity index (χ2v) is 5.15. The van der Waals surface area contributed by atoms with Gasteiger partial charge in [0.25, 0.3) is 0 Å². The third-order valence-electron chi connectivity index (χ3n) is 3.68. The fourth-order valence-electron chi connectivity index (χ4n) is 2.52. The lowest BCUT2D eigenvalue weighted by molar-refractivity contribution is -0.137. The topological polar surface area (TPSA) is 57.6 Å². The smallest absolute Gasteiger partial charge is 0.303 e. The highest BCUT2D eigenvalue weighted by molar-refractivity contribution is 5.76. The maximum Gasteiger partial charge on any atom is 0.303 e. The largest absolute Gasteiger partial charge is 0.481 e. The van der Waals surface area contributed by atoms with Crippen LogP contribution in [0.5, 0.6) is 0 Å². The summed E-state index contributed by atoms with van der Waals surface area (Å²) in [5.74, 6) is -1.95. The van der Waals surface area contributed by atoms with E-state index in [1.807, 2.05) is 0 Å². The monoisotopic (exact) mass is 297 g/mol. The zero-order valence-corrected chi connectivity index (χ0v) is 11.6. The van der Waals surface area contributed by atoms with Crippen molar-refractivity contribution in [2.24, 2.45) is 0 Å². The van der Waals surface area contributed by atoms with Crippen molar-refractivity contribution in [2.75, 3.05) is 6.54 Å². The molecule has 2 rings (SSSR count). The molecule has 0 radical (unpaired) electrons. The summed E-state index contributed by atoms with van der Waals surface area (Å²) in [6.07, 6.45) is 1.50. The van der Waals surface area contributed by atoms with E-state index in [-0.39, 0.29) is 30.9 Å². The molecule has 114 valence electrons. The molecule has 1 N–H and O–H groups in total. The fraction of sp³-hybridized carbons (Fsp3) is 0.467. The van der Waals surface area contributed by atoms with Crippen LogP contribution >= 0.6 is 0 Å². The quantitative estimate of drug-likeness (QED) is 0.850. The summed E-state index contributed by atoms with van der Waals surface area (Å²) in [5.41, 5.74) is 0.602. The molecule has 1 heterocycles. The molecule has 0 atom stereocenters. The molecule has 0 saturated carbocycles. The van der Waals surface area contributed by atoms with Gasteiger partial charge in [0.1, 0.15) is 11.6 Å². The highest BCUT2D eigenvalue weighted by atomic mass is 19.1. The highest BCUT2D eigenvalue weighted by Gasteiger charge is 2.24. The molecule has 4 nitrogen and oxygen atoms in total. The number of nitrogens with zero attached hydrogens (tertiary/aromatic N) is 1. The minimum atomic E-state index is -0.883. The Bertz CT molecular complexity index is 560. The van der Waals surface area contributed by atoms with Crippen LogP contribution in [0.4, 0.5) is 8.78 Å². The summed E-state index contributed by atoms with van der Waals surface area (Å²) in [6, 6.07) is 2.19. The van der Waals surface area contributed by atoms with Gasteiger partial charge in [-0.3, -0.25) is 9.59 Å². The standard InChI is InChI=1S/C15H17F2NO3/c16-12-5-6-13(17)11-9-18(8-7-10(11)12)14(19)3-1-2-4-15(20)21/h5-6H,1-4,7-9H2,(H,20,21). The summed E-state index contributed by atoms with van der Waals surface area (Å²) >= 11 is 0. The average Bonchev–Trinajstić information content (AvgIpc) is 2.47. The number of rotatable bonds is 5. The van der Waals surface area contributed by atoms with Crippen molar-refractivity contribution in [3.05, 3.63) is 34.9 Å². The molecule has 1 aliphatic rings. The Labute approximate surface area is 121 Å². The van der Waals surface area contributed by atoms with E-state index in [0.717, 1.165) is 12.1 Å². The molecule has 0 unspecified atom stereocenters. The molecule has 6 heteroatoms. The van der Waals surface area contributed by atoms with Gasteiger partial charge in [0.15, 0.2) is 0 Å². The number of carbonyl (C=O) groups excluding carboxylic acids is 1. The Kier molecular flexibility index (Phi) is 4.88. The second-order valence-electron chi connectivity index (χ2n) is 5.15. The van der Waals surface area contributed by atoms with Gasteiger partial charge in [0, 0.05) is 31.5 Å². The van der Waals surface area contributed by atoms with Crippen LogP contribution in [0.15, 0.2) is 12.1 Å². The van der Waals surface area contributed by atoms with Gasteiger partial charge >= 0.3 is 5.97 Å². The number of carboxylic acid groups (broad SMARTS) is 1. The van der Waals surface area contributed by atoms with Crippen molar-refractivity contribution in [3.8, 4) is 0 Å². The van der Waals surface area contributed by atoms with E-state index in [2.05, 4.69) is 0 Å². The summed E-state index contributed by atoms with van der Waals surface area (Å²) in [4.78, 5) is 23.9. The normalized spacial score (nSPS) is 13.9. The molecule has 1 amide bonds. The Hall–Kier alpha value is -1.98. The van der Waals surface area contributed by atoms with Gasteiger partial charge < -0.3 is 10.0 Å². The first-order valence-corrected chi connectivity index (χ1v) is 6.94. The average molecular weight is 297 g/mol. The third-order valence-corrected chi connectivity index (χ3v) is 3.68. The van der Waals surface area contributed by atoms with Gasteiger partial charge in [-0.25, -0.2) is 8.78 Å². The molecule has 21 heavy (non-hydrogen) atoms. The van der Waals surface area contributed by atoms with Crippen molar-refractivity contribution >= 4 is 11.9 Å². The number of amides is 1. The predicted octanol–water partition coefficient (Wildman–Crippen LogP) is 2.49. The van der Waals surface area contributed by atoms with E-state index in [4.69, 9.17) is 5.11 Å². The zero-order valence-electron chi connectivity index (χ0n) is 11.6. The lowest BCUT2D eigenvalue weighted by Gasteiger charge is -2.29. The molecule has 0 aromatic heterocycles. The minimum absolute atomic E-state index is 0.0377. The van der Waals surface area contributed by atoms with Crippen LogP contribution in [-0.2, 0) is 22.6 Å². The number of halogens is 2. The van der Waals surface area contributed by atoms with E-state index in [1.54, 1.807) is 0 Å². The Morgan fingerprint density at radius 2 is 1.71 bits per heavy atom. The lowest BCUT2D eigenvalue weighted by atomic mass is 9.98. The fourth-order valence-corrected chi connectivity index (χ4v) is 2.52. The maximum atomic E-state index is 13.7. The van der Waals surface area contributed by atoms with Gasteiger partial charge in [-0.15, -0.1) is 0 Å². The van der Waals surface area contributed by atoms with Crippen LogP contribution in [-0.4, -0.2) is 28.4 Å². The summed E-state index contributed by atoms with van der Waals surface area (Å²) in [6.45, 7) is 0.446. The van der Waals surface area contributed by atoms with Crippen LogP contribution < -0.4 is 0 Å². The number of aliphatic carboxylic acids is 1. The molecule has 1 aromatic carbocycles. The van der Waals surface area contributed by atoms with Crippen LogP contribution in [0.25, 0.3) is 0 Å². The summed E-state index contributed by atoms with van der Waals surface area (Å²) < 4.78 is 27.3. The van der Waals surface area contributed by atoms with E-state index in [9.17, 15) is 18.4 Å². The van der Waals surface area contributed by atoms with Gasteiger partial charge in [-0.1, -0.05) is 0 Å². The zero-order chi connectivity index (χ0) is 15.4. The summed E-state index contributed by atoms with van der Waals surface area (Å²) in [5, 5.41) is 8.52. The Morgan fingerprint density at radius 1 is 1.10 bits per heavy atom. The van der Waals surface area contributed by atoms with E-state index >= 15 is 0 Å². The first kappa shape index (κ1) is 15.4. The number of unbranched alkanes of at least 4 members (excludes halogenated alkanes) is 1. The van der Waals surface area contributed by atoms with Crippen LogP contribution in [0.1, 0.15) is 36.8 Å². The molecule has 0 aliphatic carbocycles.